The van der Waals surface area contributed by atoms with E-state index < -0.39 is 21.0 Å². The van der Waals surface area contributed by atoms with Crippen molar-refractivity contribution >= 4 is 15.7 Å². The molecule has 0 aliphatic heterocycles. The van der Waals surface area contributed by atoms with Crippen molar-refractivity contribution in [1.82, 2.24) is 4.72 Å². The van der Waals surface area contributed by atoms with E-state index in [-0.39, 0.29) is 16.5 Å². The number of nitro benzene ring substituents is 1. The van der Waals surface area contributed by atoms with E-state index in [9.17, 15) is 18.5 Å². The second-order valence-corrected chi connectivity index (χ2v) is 5.94. The lowest BCUT2D eigenvalue weighted by molar-refractivity contribution is -0.384. The van der Waals surface area contributed by atoms with Gasteiger partial charge in [-0.25, -0.2) is 8.42 Å². The van der Waals surface area contributed by atoms with Crippen LogP contribution >= 0.6 is 0 Å². The predicted octanol–water partition coefficient (Wildman–Crippen LogP) is 1.42. The maximum Gasteiger partial charge on any atom is 0.269 e. The average Bonchev–Trinajstić information content (AvgIpc) is 2.35. The Bertz CT molecular complexity index is 602. The summed E-state index contributed by atoms with van der Waals surface area (Å²) in [5.74, 6) is -0.183. The second-order valence-electron chi connectivity index (χ2n) is 4.22. The van der Waals surface area contributed by atoms with Crippen LogP contribution in [0.1, 0.15) is 13.8 Å². The van der Waals surface area contributed by atoms with Gasteiger partial charge in [0.15, 0.2) is 0 Å². The Hall–Kier alpha value is -1.98. The summed E-state index contributed by atoms with van der Waals surface area (Å²) in [6.07, 6.45) is 0. The van der Waals surface area contributed by atoms with Crippen molar-refractivity contribution in [1.29, 1.82) is 5.26 Å². The Balaban J connectivity index is 3.01. The van der Waals surface area contributed by atoms with E-state index >= 15 is 0 Å². The minimum atomic E-state index is -3.85. The molecule has 1 unspecified atom stereocenters. The van der Waals surface area contributed by atoms with E-state index in [1.165, 1.54) is 0 Å². The molecule has 8 heteroatoms. The van der Waals surface area contributed by atoms with E-state index in [2.05, 4.69) is 4.72 Å². The molecule has 102 valence electrons. The zero-order chi connectivity index (χ0) is 14.6. The highest BCUT2D eigenvalue weighted by molar-refractivity contribution is 7.89. The number of nitro groups is 1. The molecule has 1 rings (SSSR count). The molecule has 0 radical (unpaired) electrons. The molecule has 0 amide bonds. The summed E-state index contributed by atoms with van der Waals surface area (Å²) in [6, 6.07) is 5.48. The molecule has 0 aliphatic carbocycles. The van der Waals surface area contributed by atoms with Crippen LogP contribution in [0.2, 0.25) is 0 Å². The number of rotatable bonds is 5. The van der Waals surface area contributed by atoms with Crippen molar-refractivity contribution in [2.24, 2.45) is 5.92 Å². The predicted molar refractivity (Wildman–Crippen MR) is 67.7 cm³/mol. The highest BCUT2D eigenvalue weighted by Crippen LogP contribution is 2.16. The number of nitriles is 1. The van der Waals surface area contributed by atoms with Crippen molar-refractivity contribution in [3.8, 4) is 6.07 Å². The fourth-order valence-corrected chi connectivity index (χ4v) is 2.58. The van der Waals surface area contributed by atoms with Gasteiger partial charge in [-0.15, -0.1) is 0 Å². The largest absolute Gasteiger partial charge is 0.269 e. The van der Waals surface area contributed by atoms with Crippen molar-refractivity contribution in [3.63, 3.8) is 0 Å². The summed E-state index contributed by atoms with van der Waals surface area (Å²) in [7, 11) is -3.85. The number of nitrogens with zero attached hydrogens (tertiary/aromatic N) is 2. The van der Waals surface area contributed by atoms with Crippen molar-refractivity contribution in [3.05, 3.63) is 34.4 Å². The number of sulfonamides is 1. The van der Waals surface area contributed by atoms with Crippen LogP contribution in [-0.2, 0) is 10.0 Å². The van der Waals surface area contributed by atoms with Crippen LogP contribution in [0.5, 0.6) is 0 Å². The van der Waals surface area contributed by atoms with Crippen LogP contribution in [0.25, 0.3) is 0 Å². The standard InChI is InChI=1S/C11H13N3O4S/c1-8(2)11(7-12)13-19(17,18)10-5-3-9(4-6-10)14(15)16/h3-6,8,11,13H,1-2H3. The molecule has 0 heterocycles. The average molecular weight is 283 g/mol. The lowest BCUT2D eigenvalue weighted by Gasteiger charge is -2.14. The lowest BCUT2D eigenvalue weighted by Crippen LogP contribution is -2.37. The van der Waals surface area contributed by atoms with Gasteiger partial charge in [-0.3, -0.25) is 10.1 Å². The van der Waals surface area contributed by atoms with Gasteiger partial charge in [-0.2, -0.15) is 9.98 Å². The first-order chi connectivity index (χ1) is 8.77. The molecule has 1 atom stereocenters. The number of benzene rings is 1. The molecule has 0 spiro atoms. The van der Waals surface area contributed by atoms with Crippen LogP contribution in [-0.4, -0.2) is 19.4 Å². The second kappa shape index (κ2) is 5.77. The molecule has 0 aromatic heterocycles. The summed E-state index contributed by atoms with van der Waals surface area (Å²) in [5, 5.41) is 19.3. The quantitative estimate of drug-likeness (QED) is 0.648. The first-order valence-electron chi connectivity index (χ1n) is 5.44. The minimum absolute atomic E-state index is 0.112. The van der Waals surface area contributed by atoms with Gasteiger partial charge in [0.25, 0.3) is 5.69 Å². The third-order valence-corrected chi connectivity index (χ3v) is 3.90. The van der Waals surface area contributed by atoms with Gasteiger partial charge in [0.2, 0.25) is 10.0 Å². The fraction of sp³-hybridized carbons (Fsp3) is 0.364. The minimum Gasteiger partial charge on any atom is -0.258 e. The molecular formula is C11H13N3O4S. The Labute approximate surface area is 111 Å². The third-order valence-electron chi connectivity index (χ3n) is 2.45. The zero-order valence-corrected chi connectivity index (χ0v) is 11.2. The Kier molecular flexibility index (Phi) is 4.58. The van der Waals surface area contributed by atoms with Crippen LogP contribution in [0.4, 0.5) is 5.69 Å². The van der Waals surface area contributed by atoms with Gasteiger partial charge in [0.1, 0.15) is 6.04 Å². The van der Waals surface area contributed by atoms with E-state index in [1.54, 1.807) is 13.8 Å². The highest BCUT2D eigenvalue weighted by Gasteiger charge is 2.22. The summed E-state index contributed by atoms with van der Waals surface area (Å²) in [5.41, 5.74) is -0.195. The van der Waals surface area contributed by atoms with Crippen LogP contribution in [0.3, 0.4) is 0 Å². The maximum atomic E-state index is 12.0. The molecule has 0 bridgehead atoms. The number of hydrogen-bond acceptors (Lipinski definition) is 5. The van der Waals surface area contributed by atoms with E-state index in [0.717, 1.165) is 24.3 Å². The monoisotopic (exact) mass is 283 g/mol. The topological polar surface area (TPSA) is 113 Å². The van der Waals surface area contributed by atoms with Gasteiger partial charge in [-0.05, 0) is 18.1 Å². The van der Waals surface area contributed by atoms with Crippen molar-refractivity contribution < 1.29 is 13.3 Å². The molecule has 1 N–H and O–H groups in total. The summed E-state index contributed by atoms with van der Waals surface area (Å²) >= 11 is 0. The molecule has 1 aromatic carbocycles. The van der Waals surface area contributed by atoms with Gasteiger partial charge in [0.05, 0.1) is 15.9 Å². The van der Waals surface area contributed by atoms with Gasteiger partial charge < -0.3 is 0 Å². The third kappa shape index (κ3) is 3.74. The molecule has 19 heavy (non-hydrogen) atoms. The first kappa shape index (κ1) is 15.1. The Morgan fingerprint density at radius 1 is 1.32 bits per heavy atom. The SMILES string of the molecule is CC(C)C(C#N)NS(=O)(=O)c1ccc([N+](=O)[O-])cc1. The summed E-state index contributed by atoms with van der Waals surface area (Å²) < 4.78 is 26.2. The van der Waals surface area contributed by atoms with Crippen molar-refractivity contribution in [2.75, 3.05) is 0 Å². The smallest absolute Gasteiger partial charge is 0.258 e. The number of hydrogen-bond donors (Lipinski definition) is 1. The normalized spacial score (nSPS) is 12.9. The molecule has 1 aromatic rings. The van der Waals surface area contributed by atoms with Crippen LogP contribution in [0.15, 0.2) is 29.2 Å². The Morgan fingerprint density at radius 2 is 1.84 bits per heavy atom. The zero-order valence-electron chi connectivity index (χ0n) is 10.4. The molecule has 0 saturated heterocycles. The van der Waals surface area contributed by atoms with Gasteiger partial charge in [-0.1, -0.05) is 13.8 Å². The molecule has 0 fully saturated rings. The van der Waals surface area contributed by atoms with E-state index in [0.29, 0.717) is 0 Å². The maximum absolute atomic E-state index is 12.0. The van der Waals surface area contributed by atoms with E-state index in [4.69, 9.17) is 5.26 Å². The Morgan fingerprint density at radius 3 is 2.21 bits per heavy atom. The molecule has 0 aliphatic rings. The lowest BCUT2D eigenvalue weighted by atomic mass is 10.1. The summed E-state index contributed by atoms with van der Waals surface area (Å²) in [6.45, 7) is 3.43. The fourth-order valence-electron chi connectivity index (χ4n) is 1.29. The molecular weight excluding hydrogens is 270 g/mol. The molecule has 0 saturated carbocycles. The van der Waals surface area contributed by atoms with Gasteiger partial charge in [0, 0.05) is 12.1 Å². The van der Waals surface area contributed by atoms with Crippen LogP contribution < -0.4 is 4.72 Å². The molecule has 7 nitrogen and oxygen atoms in total. The van der Waals surface area contributed by atoms with Gasteiger partial charge >= 0.3 is 0 Å². The number of nitrogens with one attached hydrogen (secondary N) is 1. The highest BCUT2D eigenvalue weighted by atomic mass is 32.2. The van der Waals surface area contributed by atoms with E-state index in [1.807, 2.05) is 6.07 Å². The first-order valence-corrected chi connectivity index (χ1v) is 6.92. The number of non-ortho nitro benzene ring substituents is 1. The van der Waals surface area contributed by atoms with Crippen LogP contribution in [0, 0.1) is 27.4 Å². The van der Waals surface area contributed by atoms with Crippen molar-refractivity contribution in [2.45, 2.75) is 24.8 Å². The summed E-state index contributed by atoms with van der Waals surface area (Å²) in [4.78, 5) is 9.75.